The van der Waals surface area contributed by atoms with E-state index in [-0.39, 0.29) is 18.3 Å². The number of nitrogens with zero attached hydrogens (tertiary/aromatic N) is 1. The fourth-order valence-electron chi connectivity index (χ4n) is 1.34. The van der Waals surface area contributed by atoms with Crippen LogP contribution >= 0.6 is 0 Å². The summed E-state index contributed by atoms with van der Waals surface area (Å²) in [6.07, 6.45) is -1.80. The second-order valence-corrected chi connectivity index (χ2v) is 7.05. The Morgan fingerprint density at radius 3 is 0.640 bits per heavy atom. The predicted molar refractivity (Wildman–Crippen MR) is 104 cm³/mol. The van der Waals surface area contributed by atoms with Gasteiger partial charge in [-0.15, -0.1) is 0 Å². The molecule has 3 atom stereocenters. The van der Waals surface area contributed by atoms with Crippen molar-refractivity contribution in [2.24, 2.45) is 0 Å². The first kappa shape index (κ1) is 32.4. The maximum absolute atomic E-state index is 9.14. The third-order valence-corrected chi connectivity index (χ3v) is 1.57. The molecule has 0 rings (SSSR count). The molecule has 0 aliphatic carbocycles. The summed E-state index contributed by atoms with van der Waals surface area (Å²) >= 11 is 0. The van der Waals surface area contributed by atoms with Gasteiger partial charge in [-0.2, -0.15) is 0 Å². The van der Waals surface area contributed by atoms with Gasteiger partial charge in [0.2, 0.25) is 0 Å². The van der Waals surface area contributed by atoms with Crippen LogP contribution in [0.25, 0.3) is 0 Å². The zero-order valence-electron chi connectivity index (χ0n) is 17.7. The summed E-state index contributed by atoms with van der Waals surface area (Å²) in [7, 11) is 0. The van der Waals surface area contributed by atoms with E-state index in [1.165, 1.54) is 0 Å². The van der Waals surface area contributed by atoms with E-state index < -0.39 is 18.3 Å². The van der Waals surface area contributed by atoms with E-state index in [1.54, 1.807) is 62.3 Å². The minimum absolute atomic E-state index is 0.167. The smallest absolute Gasteiger partial charge is 0.0639 e. The van der Waals surface area contributed by atoms with E-state index >= 15 is 0 Å². The summed E-state index contributed by atoms with van der Waals surface area (Å²) in [4.78, 5) is 1.85. The van der Waals surface area contributed by atoms with Gasteiger partial charge in [0.15, 0.2) is 0 Å². The van der Waals surface area contributed by atoms with Crippen LogP contribution in [0.2, 0.25) is 0 Å². The molecule has 158 valence electrons. The number of aliphatic hydroxyl groups is 6. The van der Waals surface area contributed by atoms with Gasteiger partial charge in [0.05, 0.1) is 18.3 Å². The molecule has 7 nitrogen and oxygen atoms in total. The summed E-state index contributed by atoms with van der Waals surface area (Å²) in [6.45, 7) is 16.9. The monoisotopic (exact) mass is 371 g/mol. The Hall–Kier alpha value is -0.280. The first-order chi connectivity index (χ1) is 11.1. The Labute approximate surface area is 154 Å². The lowest BCUT2D eigenvalue weighted by atomic mass is 10.2. The Bertz CT molecular complexity index is 187. The zero-order valence-corrected chi connectivity index (χ0v) is 17.7. The van der Waals surface area contributed by atoms with Gasteiger partial charge < -0.3 is 30.6 Å². The largest absolute Gasteiger partial charge is 0.394 e. The second kappa shape index (κ2) is 21.8. The first-order valence-electron chi connectivity index (χ1n) is 8.92. The molecule has 0 saturated carbocycles. The van der Waals surface area contributed by atoms with Gasteiger partial charge in [-0.1, -0.05) is 0 Å². The van der Waals surface area contributed by atoms with E-state index in [4.69, 9.17) is 30.6 Å². The highest BCUT2D eigenvalue weighted by molar-refractivity contribution is 4.66. The predicted octanol–water partition coefficient (Wildman–Crippen LogP) is 0.592. The van der Waals surface area contributed by atoms with Crippen molar-refractivity contribution in [2.75, 3.05) is 19.6 Å². The first-order valence-corrected chi connectivity index (χ1v) is 8.92. The SMILES string of the molecule is CC(C)O.CC(C)O.CC(C)O.CC(O)CN(CC(C)O)CC(C)O. The van der Waals surface area contributed by atoms with Gasteiger partial charge in [0, 0.05) is 37.9 Å². The van der Waals surface area contributed by atoms with E-state index in [9.17, 15) is 0 Å². The number of hydrogen-bond donors (Lipinski definition) is 6. The summed E-state index contributed by atoms with van der Waals surface area (Å²) < 4.78 is 0. The van der Waals surface area contributed by atoms with Crippen LogP contribution in [0.3, 0.4) is 0 Å². The van der Waals surface area contributed by atoms with Crippen LogP contribution < -0.4 is 0 Å². The van der Waals surface area contributed by atoms with Crippen LogP contribution in [0, 0.1) is 0 Å². The maximum Gasteiger partial charge on any atom is 0.0639 e. The Morgan fingerprint density at radius 2 is 0.560 bits per heavy atom. The standard InChI is InChI=1S/C9H21NO3.3C3H8O/c1-7(11)4-10(5-8(2)12)6-9(3)13;3*1-3(2)4/h7-9,11-13H,4-6H2,1-3H3;3*3-4H,1-2H3. The van der Waals surface area contributed by atoms with Crippen molar-refractivity contribution in [1.82, 2.24) is 4.90 Å². The van der Waals surface area contributed by atoms with Crippen molar-refractivity contribution in [3.8, 4) is 0 Å². The zero-order chi connectivity index (χ0) is 21.2. The van der Waals surface area contributed by atoms with Crippen LogP contribution in [0.5, 0.6) is 0 Å². The average molecular weight is 372 g/mol. The normalized spacial score (nSPS) is 14.0. The van der Waals surface area contributed by atoms with E-state index in [1.807, 2.05) is 4.90 Å². The highest BCUT2D eigenvalue weighted by atomic mass is 16.3. The van der Waals surface area contributed by atoms with Gasteiger partial charge in [-0.3, -0.25) is 4.90 Å². The minimum Gasteiger partial charge on any atom is -0.394 e. The molecule has 0 aromatic heterocycles. The third-order valence-electron chi connectivity index (χ3n) is 1.57. The molecule has 0 fully saturated rings. The van der Waals surface area contributed by atoms with Crippen LogP contribution in [-0.4, -0.2) is 91.8 Å². The topological polar surface area (TPSA) is 125 Å². The molecule has 3 unspecified atom stereocenters. The van der Waals surface area contributed by atoms with Gasteiger partial charge in [-0.05, 0) is 62.3 Å². The molecule has 0 radical (unpaired) electrons. The molecule has 25 heavy (non-hydrogen) atoms. The number of aliphatic hydroxyl groups excluding tert-OH is 6. The molecule has 0 saturated heterocycles. The summed E-state index contributed by atoms with van der Waals surface area (Å²) in [6, 6.07) is 0. The molecule has 0 aliphatic heterocycles. The van der Waals surface area contributed by atoms with Crippen LogP contribution in [0.4, 0.5) is 0 Å². The van der Waals surface area contributed by atoms with Crippen LogP contribution in [0.15, 0.2) is 0 Å². The van der Waals surface area contributed by atoms with Crippen LogP contribution in [-0.2, 0) is 0 Å². The van der Waals surface area contributed by atoms with Crippen molar-refractivity contribution in [3.63, 3.8) is 0 Å². The molecule has 0 spiro atoms. The maximum atomic E-state index is 9.14. The molecule has 0 aliphatic rings. The van der Waals surface area contributed by atoms with Crippen molar-refractivity contribution in [3.05, 3.63) is 0 Å². The summed E-state index contributed by atoms with van der Waals surface area (Å²) in [5.74, 6) is 0. The molecule has 0 bridgehead atoms. The lowest BCUT2D eigenvalue weighted by molar-refractivity contribution is 0.0530. The highest BCUT2D eigenvalue weighted by Gasteiger charge is 2.12. The fraction of sp³-hybridized carbons (Fsp3) is 1.00. The Kier molecular flexibility index (Phi) is 28.2. The van der Waals surface area contributed by atoms with Crippen LogP contribution in [0.1, 0.15) is 62.3 Å². The molecule has 0 heterocycles. The minimum atomic E-state index is -0.433. The Morgan fingerprint density at radius 1 is 0.440 bits per heavy atom. The van der Waals surface area contributed by atoms with E-state index in [0.717, 1.165) is 0 Å². The molecule has 0 aromatic carbocycles. The highest BCUT2D eigenvalue weighted by Crippen LogP contribution is 1.97. The van der Waals surface area contributed by atoms with Crippen molar-refractivity contribution in [2.45, 2.75) is 98.9 Å². The molecular formula is C18H45NO6. The van der Waals surface area contributed by atoms with Gasteiger partial charge in [-0.25, -0.2) is 0 Å². The van der Waals surface area contributed by atoms with Gasteiger partial charge in [0.25, 0.3) is 0 Å². The molecule has 0 aromatic rings. The van der Waals surface area contributed by atoms with Gasteiger partial charge in [0.1, 0.15) is 0 Å². The van der Waals surface area contributed by atoms with Gasteiger partial charge >= 0.3 is 0 Å². The average Bonchev–Trinajstić information content (AvgIpc) is 2.22. The Balaban J connectivity index is -0.000000150. The lowest BCUT2D eigenvalue weighted by Gasteiger charge is -2.25. The second-order valence-electron chi connectivity index (χ2n) is 7.05. The lowest BCUT2D eigenvalue weighted by Crippen LogP contribution is -2.40. The molecular weight excluding hydrogens is 326 g/mol. The third kappa shape index (κ3) is 81.5. The molecule has 0 amide bonds. The van der Waals surface area contributed by atoms with Crippen molar-refractivity contribution < 1.29 is 30.6 Å². The van der Waals surface area contributed by atoms with E-state index in [2.05, 4.69) is 0 Å². The summed E-state index contributed by atoms with van der Waals surface area (Å²) in [5, 5.41) is 51.6. The van der Waals surface area contributed by atoms with Crippen molar-refractivity contribution >= 4 is 0 Å². The molecule has 7 heteroatoms. The molecule has 6 N–H and O–H groups in total. The fourth-order valence-corrected chi connectivity index (χ4v) is 1.34. The summed E-state index contributed by atoms with van der Waals surface area (Å²) in [5.41, 5.74) is 0. The van der Waals surface area contributed by atoms with E-state index in [0.29, 0.717) is 19.6 Å². The number of rotatable bonds is 6. The quantitative estimate of drug-likeness (QED) is 0.404. The van der Waals surface area contributed by atoms with Crippen molar-refractivity contribution in [1.29, 1.82) is 0 Å². The number of hydrogen-bond acceptors (Lipinski definition) is 7.